The summed E-state index contributed by atoms with van der Waals surface area (Å²) in [7, 11) is 0. The van der Waals surface area contributed by atoms with Gasteiger partial charge in [0, 0.05) is 19.3 Å². The van der Waals surface area contributed by atoms with Gasteiger partial charge in [-0.2, -0.15) is 0 Å². The van der Waals surface area contributed by atoms with Gasteiger partial charge in [0.05, 0.1) is 0 Å². The SMILES string of the molecule is CC/C=C\C/C=C\C/C=C\C/C=C\C/C=C\CCCCCCCCCCCCCCCC(=O)OCC(COC(=O)CCCCCCCCCC)OC(=O)CCCCCCCCCC/C=C\C/C=C\C/C=C\CCCCCCC. The quantitative estimate of drug-likeness (QED) is 0.0261. The molecule has 1 unspecified atom stereocenters. The first-order chi connectivity index (χ1) is 38.5. The van der Waals surface area contributed by atoms with E-state index in [1.807, 2.05) is 0 Å². The summed E-state index contributed by atoms with van der Waals surface area (Å²) < 4.78 is 16.9. The lowest BCUT2D eigenvalue weighted by Crippen LogP contribution is -2.30. The van der Waals surface area contributed by atoms with Crippen LogP contribution in [0.1, 0.15) is 323 Å². The Morgan fingerprint density at radius 2 is 0.500 bits per heavy atom. The lowest BCUT2D eigenvalue weighted by Gasteiger charge is -2.18. The first-order valence-corrected chi connectivity index (χ1v) is 33.2. The summed E-state index contributed by atoms with van der Waals surface area (Å²) in [5.41, 5.74) is 0. The van der Waals surface area contributed by atoms with E-state index in [1.54, 1.807) is 0 Å². The molecule has 78 heavy (non-hydrogen) atoms. The third kappa shape index (κ3) is 63.2. The molecule has 0 aromatic heterocycles. The Kier molecular flexibility index (Phi) is 62.7. The zero-order valence-electron chi connectivity index (χ0n) is 51.4. The van der Waals surface area contributed by atoms with E-state index in [9.17, 15) is 14.4 Å². The molecule has 0 fully saturated rings. The van der Waals surface area contributed by atoms with Crippen LogP contribution in [0.2, 0.25) is 0 Å². The summed E-state index contributed by atoms with van der Waals surface area (Å²) in [6, 6.07) is 0. The molecule has 0 aromatic carbocycles. The summed E-state index contributed by atoms with van der Waals surface area (Å²) >= 11 is 0. The van der Waals surface area contributed by atoms with Gasteiger partial charge in [-0.05, 0) is 103 Å². The molecule has 6 nitrogen and oxygen atoms in total. The van der Waals surface area contributed by atoms with E-state index < -0.39 is 6.10 Å². The lowest BCUT2D eigenvalue weighted by atomic mass is 10.0. The molecule has 0 spiro atoms. The fourth-order valence-electron chi connectivity index (χ4n) is 9.36. The van der Waals surface area contributed by atoms with Crippen molar-refractivity contribution in [2.24, 2.45) is 0 Å². The van der Waals surface area contributed by atoms with Gasteiger partial charge in [0.25, 0.3) is 0 Å². The molecule has 0 saturated carbocycles. The van der Waals surface area contributed by atoms with E-state index >= 15 is 0 Å². The predicted molar refractivity (Wildman–Crippen MR) is 339 cm³/mol. The fourth-order valence-corrected chi connectivity index (χ4v) is 9.36. The second-order valence-corrected chi connectivity index (χ2v) is 22.0. The zero-order valence-corrected chi connectivity index (χ0v) is 51.4. The summed E-state index contributed by atoms with van der Waals surface area (Å²) in [4.78, 5) is 38.2. The van der Waals surface area contributed by atoms with Gasteiger partial charge in [0.15, 0.2) is 6.10 Å². The molecule has 0 aromatic rings. The summed E-state index contributed by atoms with van der Waals surface area (Å²) in [6.45, 7) is 6.51. The van der Waals surface area contributed by atoms with Crippen LogP contribution in [0.3, 0.4) is 0 Å². The summed E-state index contributed by atoms with van der Waals surface area (Å²) in [6.07, 6.45) is 88.6. The maximum Gasteiger partial charge on any atom is 0.306 e. The normalized spacial score (nSPS) is 12.7. The molecule has 0 N–H and O–H groups in total. The van der Waals surface area contributed by atoms with Crippen LogP contribution >= 0.6 is 0 Å². The van der Waals surface area contributed by atoms with E-state index in [-0.39, 0.29) is 31.1 Å². The molecule has 448 valence electrons. The number of hydrogen-bond donors (Lipinski definition) is 0. The van der Waals surface area contributed by atoms with Crippen LogP contribution in [0.25, 0.3) is 0 Å². The van der Waals surface area contributed by atoms with E-state index in [4.69, 9.17) is 14.2 Å². The average Bonchev–Trinajstić information content (AvgIpc) is 3.44. The average molecular weight is 1090 g/mol. The Morgan fingerprint density at radius 1 is 0.269 bits per heavy atom. The Labute approximate surface area is 483 Å². The molecule has 1 atom stereocenters. The largest absolute Gasteiger partial charge is 0.462 e. The Bertz CT molecular complexity index is 1530. The lowest BCUT2D eigenvalue weighted by molar-refractivity contribution is -0.167. The minimum atomic E-state index is -0.780. The number of allylic oxidation sites excluding steroid dienone is 16. The molecule has 0 saturated heterocycles. The van der Waals surface area contributed by atoms with Gasteiger partial charge in [0.1, 0.15) is 13.2 Å². The molecule has 0 bridgehead atoms. The van der Waals surface area contributed by atoms with Crippen molar-refractivity contribution in [2.75, 3.05) is 13.2 Å². The number of hydrogen-bond acceptors (Lipinski definition) is 6. The van der Waals surface area contributed by atoms with Crippen LogP contribution in [-0.4, -0.2) is 37.2 Å². The molecule has 0 aliphatic heterocycles. The van der Waals surface area contributed by atoms with Crippen molar-refractivity contribution in [3.63, 3.8) is 0 Å². The van der Waals surface area contributed by atoms with Crippen molar-refractivity contribution < 1.29 is 28.6 Å². The van der Waals surface area contributed by atoms with Gasteiger partial charge in [-0.25, -0.2) is 0 Å². The van der Waals surface area contributed by atoms with Crippen LogP contribution in [0.4, 0.5) is 0 Å². The van der Waals surface area contributed by atoms with E-state index in [2.05, 4.69) is 118 Å². The molecule has 0 aliphatic carbocycles. The number of carbonyl (C=O) groups is 3. The minimum absolute atomic E-state index is 0.0780. The van der Waals surface area contributed by atoms with Crippen molar-refractivity contribution in [3.05, 3.63) is 97.2 Å². The molecule has 6 heteroatoms. The van der Waals surface area contributed by atoms with Crippen molar-refractivity contribution in [1.29, 1.82) is 0 Å². The highest BCUT2D eigenvalue weighted by Gasteiger charge is 2.19. The number of esters is 3. The maximum absolute atomic E-state index is 12.9. The minimum Gasteiger partial charge on any atom is -0.462 e. The van der Waals surface area contributed by atoms with Crippen molar-refractivity contribution in [2.45, 2.75) is 329 Å². The highest BCUT2D eigenvalue weighted by molar-refractivity contribution is 5.71. The molecule has 0 heterocycles. The van der Waals surface area contributed by atoms with Crippen LogP contribution in [0.15, 0.2) is 97.2 Å². The monoisotopic (exact) mass is 1080 g/mol. The van der Waals surface area contributed by atoms with Gasteiger partial charge in [0.2, 0.25) is 0 Å². The highest BCUT2D eigenvalue weighted by atomic mass is 16.6. The van der Waals surface area contributed by atoms with Crippen molar-refractivity contribution >= 4 is 17.9 Å². The Balaban J connectivity index is 4.16. The van der Waals surface area contributed by atoms with Gasteiger partial charge in [-0.3, -0.25) is 14.4 Å². The third-order valence-electron chi connectivity index (χ3n) is 14.3. The summed E-state index contributed by atoms with van der Waals surface area (Å²) in [5, 5.41) is 0. The fraction of sp³-hybridized carbons (Fsp3) is 0.736. The molecule has 0 radical (unpaired) electrons. The molecule has 0 rings (SSSR count). The second-order valence-electron chi connectivity index (χ2n) is 22.0. The van der Waals surface area contributed by atoms with Gasteiger partial charge < -0.3 is 14.2 Å². The van der Waals surface area contributed by atoms with Crippen molar-refractivity contribution in [1.82, 2.24) is 0 Å². The molecule has 0 aliphatic rings. The smallest absolute Gasteiger partial charge is 0.306 e. The van der Waals surface area contributed by atoms with Gasteiger partial charge >= 0.3 is 17.9 Å². The van der Waals surface area contributed by atoms with Gasteiger partial charge in [-0.15, -0.1) is 0 Å². The molecular formula is C72H124O6. The maximum atomic E-state index is 12.9. The topological polar surface area (TPSA) is 78.9 Å². The number of carbonyl (C=O) groups excluding carboxylic acids is 3. The first kappa shape index (κ1) is 74.3. The Hall–Kier alpha value is -3.67. The van der Waals surface area contributed by atoms with Gasteiger partial charge in [-0.1, -0.05) is 298 Å². The van der Waals surface area contributed by atoms with E-state index in [0.717, 1.165) is 109 Å². The third-order valence-corrected chi connectivity index (χ3v) is 14.3. The standard InChI is InChI=1S/C72H124O6/c1-4-7-10-13-16-19-21-23-25-27-29-31-33-34-35-36-37-38-40-41-43-45-47-49-51-53-56-59-62-65-71(74)77-68-69(67-76-70(73)64-61-58-55-18-15-12-9-6-3)78-72(75)66-63-60-57-54-52-50-48-46-44-42-39-32-30-28-26-24-22-20-17-14-11-8-5-2/h7,10,16,19,22-25,28-31,34-35,39,42,69H,4-6,8-9,11-15,17-18,20-21,26-27,32-33,36-38,40-41,43-68H2,1-3H3/b10-7-,19-16-,24-22-,25-23-,30-28-,31-29-,35-34-,42-39-. The number of rotatable bonds is 60. The number of unbranched alkanes of at least 4 members (excludes halogenated alkanes) is 33. The zero-order chi connectivity index (χ0) is 56.4. The van der Waals surface area contributed by atoms with Crippen LogP contribution in [-0.2, 0) is 28.6 Å². The highest BCUT2D eigenvalue weighted by Crippen LogP contribution is 2.16. The van der Waals surface area contributed by atoms with Crippen molar-refractivity contribution in [3.8, 4) is 0 Å². The molecular weight excluding hydrogens is 961 g/mol. The predicted octanol–water partition coefficient (Wildman–Crippen LogP) is 22.8. The second kappa shape index (κ2) is 65.8. The number of ether oxygens (including phenoxy) is 3. The Morgan fingerprint density at radius 3 is 0.782 bits per heavy atom. The first-order valence-electron chi connectivity index (χ1n) is 33.2. The van der Waals surface area contributed by atoms with E-state index in [0.29, 0.717) is 19.3 Å². The summed E-state index contributed by atoms with van der Waals surface area (Å²) in [5.74, 6) is -0.880. The molecule has 0 amide bonds. The van der Waals surface area contributed by atoms with Crippen LogP contribution in [0.5, 0.6) is 0 Å². The van der Waals surface area contributed by atoms with Crippen LogP contribution < -0.4 is 0 Å². The van der Waals surface area contributed by atoms with E-state index in [1.165, 1.54) is 173 Å². The van der Waals surface area contributed by atoms with Crippen LogP contribution in [0, 0.1) is 0 Å².